The van der Waals surface area contributed by atoms with E-state index in [1.807, 2.05) is 62.4 Å². The number of pyridine rings is 1. The van der Waals surface area contributed by atoms with Gasteiger partial charge >= 0.3 is 0 Å². The topological polar surface area (TPSA) is 58.9 Å². The summed E-state index contributed by atoms with van der Waals surface area (Å²) < 4.78 is 0. The molecule has 0 aliphatic heterocycles. The second kappa shape index (κ2) is 5.19. The molecule has 3 nitrogen and oxygen atoms in total. The zero-order valence-corrected chi connectivity index (χ0v) is 12.2. The van der Waals surface area contributed by atoms with E-state index in [2.05, 4.69) is 4.98 Å². The van der Waals surface area contributed by atoms with Gasteiger partial charge in [-0.1, -0.05) is 42.0 Å². The highest BCUT2D eigenvalue weighted by Crippen LogP contribution is 2.21. The summed E-state index contributed by atoms with van der Waals surface area (Å²) in [5, 5.41) is 0.998. The smallest absolute Gasteiger partial charge is 0.253 e. The lowest BCUT2D eigenvalue weighted by Crippen LogP contribution is -2.22. The fourth-order valence-electron chi connectivity index (χ4n) is 2.61. The van der Waals surface area contributed by atoms with E-state index in [1.54, 1.807) is 0 Å². The summed E-state index contributed by atoms with van der Waals surface area (Å²) in [7, 11) is 0. The minimum atomic E-state index is -0.417. The Morgan fingerprint density at radius 1 is 1.00 bits per heavy atom. The molecule has 1 heterocycles. The van der Waals surface area contributed by atoms with Crippen molar-refractivity contribution in [2.45, 2.75) is 19.9 Å². The first kappa shape index (κ1) is 13.6. The predicted octanol–water partition coefficient (Wildman–Crippen LogP) is 3.19. The van der Waals surface area contributed by atoms with Crippen molar-refractivity contribution in [3.63, 3.8) is 0 Å². The first-order valence-corrected chi connectivity index (χ1v) is 7.00. The number of rotatable bonds is 2. The van der Waals surface area contributed by atoms with E-state index in [9.17, 15) is 4.79 Å². The Kier molecular flexibility index (Phi) is 3.35. The summed E-state index contributed by atoms with van der Waals surface area (Å²) in [6, 6.07) is 15.4. The van der Waals surface area contributed by atoms with Crippen molar-refractivity contribution in [2.75, 3.05) is 0 Å². The fraction of sp³-hybridized carbons (Fsp3) is 0.167. The third-order valence-corrected chi connectivity index (χ3v) is 3.77. The highest BCUT2D eigenvalue weighted by Gasteiger charge is 2.14. The van der Waals surface area contributed by atoms with Crippen molar-refractivity contribution in [1.82, 2.24) is 4.98 Å². The number of hydrogen-bond donors (Lipinski definition) is 2. The molecule has 0 aliphatic carbocycles. The summed E-state index contributed by atoms with van der Waals surface area (Å²) >= 11 is 0. The first-order chi connectivity index (χ1) is 10.0. The molecule has 106 valence electrons. The molecule has 0 bridgehead atoms. The van der Waals surface area contributed by atoms with Crippen LogP contribution >= 0.6 is 0 Å². The van der Waals surface area contributed by atoms with Gasteiger partial charge in [0, 0.05) is 11.1 Å². The number of aromatic amines is 1. The van der Waals surface area contributed by atoms with Gasteiger partial charge in [-0.3, -0.25) is 4.79 Å². The van der Waals surface area contributed by atoms with Gasteiger partial charge in [-0.05, 0) is 42.5 Å². The minimum absolute atomic E-state index is 0.123. The Labute approximate surface area is 123 Å². The van der Waals surface area contributed by atoms with Crippen molar-refractivity contribution in [1.29, 1.82) is 0 Å². The van der Waals surface area contributed by atoms with Gasteiger partial charge in [-0.2, -0.15) is 0 Å². The first-order valence-electron chi connectivity index (χ1n) is 7.00. The number of benzene rings is 2. The SMILES string of the molecule is Cc1cccc(C(N)c2cc3ccc(C)cc3[nH]c2=O)c1. The Morgan fingerprint density at radius 3 is 2.52 bits per heavy atom. The number of nitrogens with one attached hydrogen (secondary N) is 1. The van der Waals surface area contributed by atoms with Gasteiger partial charge in [0.2, 0.25) is 0 Å². The normalized spacial score (nSPS) is 12.5. The van der Waals surface area contributed by atoms with Crippen LogP contribution in [-0.2, 0) is 0 Å². The molecule has 0 aliphatic rings. The lowest BCUT2D eigenvalue weighted by atomic mass is 9.98. The largest absolute Gasteiger partial charge is 0.322 e. The van der Waals surface area contributed by atoms with Crippen LogP contribution in [-0.4, -0.2) is 4.98 Å². The molecule has 0 fully saturated rings. The van der Waals surface area contributed by atoms with Crippen LogP contribution in [0.2, 0.25) is 0 Å². The highest BCUT2D eigenvalue weighted by molar-refractivity contribution is 5.79. The van der Waals surface area contributed by atoms with Crippen molar-refractivity contribution in [3.8, 4) is 0 Å². The quantitative estimate of drug-likeness (QED) is 0.756. The fourth-order valence-corrected chi connectivity index (χ4v) is 2.61. The molecule has 3 heteroatoms. The van der Waals surface area contributed by atoms with Gasteiger partial charge in [-0.15, -0.1) is 0 Å². The number of aromatic nitrogens is 1. The maximum Gasteiger partial charge on any atom is 0.253 e. The molecular formula is C18H18N2O. The number of H-pyrrole nitrogens is 1. The third kappa shape index (κ3) is 2.60. The summed E-state index contributed by atoms with van der Waals surface area (Å²) in [4.78, 5) is 15.2. The van der Waals surface area contributed by atoms with E-state index in [4.69, 9.17) is 5.73 Å². The number of aryl methyl sites for hydroxylation is 2. The molecule has 2 aromatic carbocycles. The molecule has 1 aromatic heterocycles. The number of fused-ring (bicyclic) bond motifs is 1. The van der Waals surface area contributed by atoms with Crippen molar-refractivity contribution in [3.05, 3.63) is 81.1 Å². The van der Waals surface area contributed by atoms with Crippen molar-refractivity contribution >= 4 is 10.9 Å². The molecule has 3 aromatic rings. The van der Waals surface area contributed by atoms with Crippen LogP contribution in [0.15, 0.2) is 53.3 Å². The van der Waals surface area contributed by atoms with Crippen molar-refractivity contribution in [2.24, 2.45) is 5.73 Å². The van der Waals surface area contributed by atoms with Crippen LogP contribution in [0.5, 0.6) is 0 Å². The van der Waals surface area contributed by atoms with E-state index in [-0.39, 0.29) is 5.56 Å². The Hall–Kier alpha value is -2.39. The molecule has 0 amide bonds. The summed E-state index contributed by atoms with van der Waals surface area (Å²) in [6.07, 6.45) is 0. The standard InChI is InChI=1S/C18H18N2O/c1-11-4-3-5-14(8-11)17(19)15-10-13-7-6-12(2)9-16(13)20-18(15)21/h3-10,17H,19H2,1-2H3,(H,20,21). The van der Waals surface area contributed by atoms with Gasteiger partial charge < -0.3 is 10.7 Å². The Balaban J connectivity index is 2.13. The Bertz CT molecular complexity index is 864. The van der Waals surface area contributed by atoms with Crippen LogP contribution in [0.3, 0.4) is 0 Å². The third-order valence-electron chi connectivity index (χ3n) is 3.77. The van der Waals surface area contributed by atoms with Gasteiger partial charge in [0.05, 0.1) is 6.04 Å². The number of hydrogen-bond acceptors (Lipinski definition) is 2. The molecular weight excluding hydrogens is 260 g/mol. The maximum atomic E-state index is 12.3. The number of nitrogens with two attached hydrogens (primary N) is 1. The van der Waals surface area contributed by atoms with Gasteiger partial charge in [0.15, 0.2) is 0 Å². The second-order valence-corrected chi connectivity index (χ2v) is 5.54. The summed E-state index contributed by atoms with van der Waals surface area (Å²) in [5.74, 6) is 0. The molecule has 3 N–H and O–H groups in total. The molecule has 0 radical (unpaired) electrons. The average Bonchev–Trinajstić information content (AvgIpc) is 2.45. The van der Waals surface area contributed by atoms with Crippen LogP contribution in [0.1, 0.15) is 28.3 Å². The second-order valence-electron chi connectivity index (χ2n) is 5.54. The maximum absolute atomic E-state index is 12.3. The predicted molar refractivity (Wildman–Crippen MR) is 86.5 cm³/mol. The van der Waals surface area contributed by atoms with E-state index >= 15 is 0 Å². The van der Waals surface area contributed by atoms with E-state index in [1.165, 1.54) is 0 Å². The van der Waals surface area contributed by atoms with Crippen LogP contribution in [0.25, 0.3) is 10.9 Å². The molecule has 1 atom stereocenters. The van der Waals surface area contributed by atoms with Gasteiger partial charge in [-0.25, -0.2) is 0 Å². The molecule has 3 rings (SSSR count). The van der Waals surface area contributed by atoms with Crippen LogP contribution in [0, 0.1) is 13.8 Å². The Morgan fingerprint density at radius 2 is 1.76 bits per heavy atom. The minimum Gasteiger partial charge on any atom is -0.322 e. The zero-order valence-electron chi connectivity index (χ0n) is 12.2. The zero-order chi connectivity index (χ0) is 15.0. The van der Waals surface area contributed by atoms with Gasteiger partial charge in [0.25, 0.3) is 5.56 Å². The lowest BCUT2D eigenvalue weighted by Gasteiger charge is -2.13. The molecule has 21 heavy (non-hydrogen) atoms. The van der Waals surface area contributed by atoms with E-state index in [0.717, 1.165) is 27.6 Å². The van der Waals surface area contributed by atoms with E-state index < -0.39 is 6.04 Å². The molecule has 0 saturated heterocycles. The molecule has 0 spiro atoms. The molecule has 0 saturated carbocycles. The van der Waals surface area contributed by atoms with Gasteiger partial charge in [0.1, 0.15) is 0 Å². The molecule has 1 unspecified atom stereocenters. The van der Waals surface area contributed by atoms with Crippen LogP contribution in [0.4, 0.5) is 0 Å². The van der Waals surface area contributed by atoms with E-state index in [0.29, 0.717) is 5.56 Å². The van der Waals surface area contributed by atoms with Crippen LogP contribution < -0.4 is 11.3 Å². The summed E-state index contributed by atoms with van der Waals surface area (Å²) in [5.41, 5.74) is 10.8. The average molecular weight is 278 g/mol. The highest BCUT2D eigenvalue weighted by atomic mass is 16.1. The van der Waals surface area contributed by atoms with Crippen molar-refractivity contribution < 1.29 is 0 Å². The lowest BCUT2D eigenvalue weighted by molar-refractivity contribution is 0.852. The summed E-state index contributed by atoms with van der Waals surface area (Å²) in [6.45, 7) is 4.02. The monoisotopic (exact) mass is 278 g/mol.